The van der Waals surface area contributed by atoms with Crippen molar-refractivity contribution < 1.29 is 9.47 Å². The number of halogens is 1. The monoisotopic (exact) mass is 333 g/mol. The van der Waals surface area contributed by atoms with Crippen LogP contribution in [0.1, 0.15) is 18.0 Å². The van der Waals surface area contributed by atoms with Gasteiger partial charge in [-0.25, -0.2) is 0 Å². The van der Waals surface area contributed by atoms with Crippen molar-refractivity contribution in [1.29, 1.82) is 0 Å². The molecule has 0 amide bonds. The first-order chi connectivity index (χ1) is 7.63. The number of ether oxygens (including phenoxy) is 2. The zero-order chi connectivity index (χ0) is 12.1. The van der Waals surface area contributed by atoms with Crippen LogP contribution < -0.4 is 15.2 Å². The highest BCUT2D eigenvalue weighted by molar-refractivity contribution is 14.1. The van der Waals surface area contributed by atoms with Gasteiger partial charge in [-0.3, -0.25) is 0 Å². The number of hydrogen-bond donors (Lipinski definition) is 1. The minimum absolute atomic E-state index is 0.0517. The predicted molar refractivity (Wildman–Crippen MR) is 74.0 cm³/mol. The third kappa shape index (κ3) is 2.89. The zero-order valence-corrected chi connectivity index (χ0v) is 11.7. The molecule has 0 saturated carbocycles. The Bertz CT molecular complexity index is 380. The number of methoxy groups -OCH3 is 2. The van der Waals surface area contributed by atoms with Gasteiger partial charge in [-0.05, 0) is 46.7 Å². The molecule has 4 heteroatoms. The lowest BCUT2D eigenvalue weighted by molar-refractivity contribution is 0.354. The van der Waals surface area contributed by atoms with Crippen LogP contribution >= 0.6 is 22.6 Å². The molecule has 88 valence electrons. The standard InChI is InChI=1S/C12H16INO2/c1-4-5-10(14)8-6-11(15-2)12(16-3)7-9(8)13/h4,6-7,10H,1,5,14H2,2-3H3. The Morgan fingerprint density at radius 3 is 2.44 bits per heavy atom. The van der Waals surface area contributed by atoms with Crippen molar-refractivity contribution >= 4 is 22.6 Å². The Labute approximate surface area is 110 Å². The third-order valence-electron chi connectivity index (χ3n) is 2.32. The second-order valence-corrected chi connectivity index (χ2v) is 4.52. The summed E-state index contributed by atoms with van der Waals surface area (Å²) in [6.45, 7) is 3.69. The lowest BCUT2D eigenvalue weighted by atomic mass is 10.0. The highest BCUT2D eigenvalue weighted by atomic mass is 127. The Balaban J connectivity index is 3.15. The molecule has 0 saturated heterocycles. The minimum Gasteiger partial charge on any atom is -0.493 e. The van der Waals surface area contributed by atoms with Crippen LogP contribution in [-0.4, -0.2) is 14.2 Å². The summed E-state index contributed by atoms with van der Waals surface area (Å²) in [5.74, 6) is 1.43. The van der Waals surface area contributed by atoms with Crippen LogP contribution in [0.3, 0.4) is 0 Å². The molecule has 0 radical (unpaired) electrons. The molecular weight excluding hydrogens is 317 g/mol. The van der Waals surface area contributed by atoms with E-state index in [1.807, 2.05) is 18.2 Å². The normalized spacial score (nSPS) is 12.0. The van der Waals surface area contributed by atoms with Gasteiger partial charge in [-0.15, -0.1) is 6.58 Å². The maximum Gasteiger partial charge on any atom is 0.161 e. The Morgan fingerprint density at radius 1 is 1.38 bits per heavy atom. The molecule has 0 heterocycles. The first-order valence-electron chi connectivity index (χ1n) is 4.92. The first kappa shape index (κ1) is 13.3. The highest BCUT2D eigenvalue weighted by Crippen LogP contribution is 2.34. The van der Waals surface area contributed by atoms with E-state index in [1.165, 1.54) is 0 Å². The molecule has 2 N–H and O–H groups in total. The van der Waals surface area contributed by atoms with Gasteiger partial charge in [0.05, 0.1) is 14.2 Å². The molecule has 0 aliphatic heterocycles. The van der Waals surface area contributed by atoms with Crippen molar-refractivity contribution in [1.82, 2.24) is 0 Å². The van der Waals surface area contributed by atoms with Gasteiger partial charge in [0.15, 0.2) is 11.5 Å². The van der Waals surface area contributed by atoms with Crippen LogP contribution in [-0.2, 0) is 0 Å². The summed E-state index contributed by atoms with van der Waals surface area (Å²) in [7, 11) is 3.24. The molecule has 1 unspecified atom stereocenters. The highest BCUT2D eigenvalue weighted by Gasteiger charge is 2.13. The topological polar surface area (TPSA) is 44.5 Å². The lowest BCUT2D eigenvalue weighted by Gasteiger charge is -2.15. The summed E-state index contributed by atoms with van der Waals surface area (Å²) in [4.78, 5) is 0. The van der Waals surface area contributed by atoms with Gasteiger partial charge in [0.1, 0.15) is 0 Å². The van der Waals surface area contributed by atoms with Crippen LogP contribution in [0.15, 0.2) is 24.8 Å². The number of hydrogen-bond acceptors (Lipinski definition) is 3. The van der Waals surface area contributed by atoms with Crippen LogP contribution in [0.2, 0.25) is 0 Å². The number of nitrogens with two attached hydrogens (primary N) is 1. The van der Waals surface area contributed by atoms with E-state index in [4.69, 9.17) is 15.2 Å². The fraction of sp³-hybridized carbons (Fsp3) is 0.333. The minimum atomic E-state index is -0.0517. The van der Waals surface area contributed by atoms with E-state index in [0.717, 1.165) is 21.3 Å². The van der Waals surface area contributed by atoms with Crippen molar-refractivity contribution in [2.45, 2.75) is 12.5 Å². The second-order valence-electron chi connectivity index (χ2n) is 3.36. The maximum atomic E-state index is 6.05. The van der Waals surface area contributed by atoms with Gasteiger partial charge in [0.25, 0.3) is 0 Å². The summed E-state index contributed by atoms with van der Waals surface area (Å²) in [6.07, 6.45) is 2.56. The van der Waals surface area contributed by atoms with E-state index < -0.39 is 0 Å². The van der Waals surface area contributed by atoms with Crippen LogP contribution in [0.4, 0.5) is 0 Å². The van der Waals surface area contributed by atoms with Gasteiger partial charge in [0.2, 0.25) is 0 Å². The van der Waals surface area contributed by atoms with Gasteiger partial charge < -0.3 is 15.2 Å². The summed E-state index contributed by atoms with van der Waals surface area (Å²) >= 11 is 2.25. The lowest BCUT2D eigenvalue weighted by Crippen LogP contribution is -2.11. The van der Waals surface area contributed by atoms with E-state index >= 15 is 0 Å². The molecule has 0 aliphatic rings. The van der Waals surface area contributed by atoms with E-state index in [2.05, 4.69) is 29.2 Å². The fourth-order valence-corrected chi connectivity index (χ4v) is 2.30. The molecule has 16 heavy (non-hydrogen) atoms. The molecule has 0 aliphatic carbocycles. The summed E-state index contributed by atoms with van der Waals surface area (Å²) in [5.41, 5.74) is 7.10. The Morgan fingerprint density at radius 2 is 1.94 bits per heavy atom. The average Bonchev–Trinajstić information content (AvgIpc) is 2.28. The molecular formula is C12H16INO2. The smallest absolute Gasteiger partial charge is 0.161 e. The molecule has 1 aromatic rings. The van der Waals surface area contributed by atoms with E-state index in [0.29, 0.717) is 5.75 Å². The Kier molecular flexibility index (Phi) is 5.08. The van der Waals surface area contributed by atoms with Gasteiger partial charge in [0, 0.05) is 9.61 Å². The molecule has 3 nitrogen and oxygen atoms in total. The quantitative estimate of drug-likeness (QED) is 0.666. The zero-order valence-electron chi connectivity index (χ0n) is 9.50. The van der Waals surface area contributed by atoms with E-state index in [-0.39, 0.29) is 6.04 Å². The number of benzene rings is 1. The molecule has 1 atom stereocenters. The first-order valence-corrected chi connectivity index (χ1v) is 5.99. The summed E-state index contributed by atoms with van der Waals surface area (Å²) in [6, 6.07) is 3.80. The van der Waals surface area contributed by atoms with E-state index in [1.54, 1.807) is 14.2 Å². The molecule has 0 spiro atoms. The maximum absolute atomic E-state index is 6.05. The van der Waals surface area contributed by atoms with Crippen molar-refractivity contribution in [3.05, 3.63) is 33.9 Å². The fourth-order valence-electron chi connectivity index (χ4n) is 1.46. The van der Waals surface area contributed by atoms with E-state index in [9.17, 15) is 0 Å². The summed E-state index contributed by atoms with van der Waals surface area (Å²) < 4.78 is 11.5. The number of rotatable bonds is 5. The van der Waals surface area contributed by atoms with Crippen LogP contribution in [0.25, 0.3) is 0 Å². The molecule has 0 aromatic heterocycles. The van der Waals surface area contributed by atoms with Crippen molar-refractivity contribution in [3.63, 3.8) is 0 Å². The second kappa shape index (κ2) is 6.10. The van der Waals surface area contributed by atoms with Gasteiger partial charge in [-0.2, -0.15) is 0 Å². The van der Waals surface area contributed by atoms with Crippen molar-refractivity contribution in [2.75, 3.05) is 14.2 Å². The van der Waals surface area contributed by atoms with Gasteiger partial charge in [-0.1, -0.05) is 6.08 Å². The SMILES string of the molecule is C=CCC(N)c1cc(OC)c(OC)cc1I. The van der Waals surface area contributed by atoms with Crippen LogP contribution in [0.5, 0.6) is 11.5 Å². The molecule has 1 rings (SSSR count). The molecule has 0 fully saturated rings. The van der Waals surface area contributed by atoms with Crippen molar-refractivity contribution in [2.24, 2.45) is 5.73 Å². The molecule has 0 bridgehead atoms. The predicted octanol–water partition coefficient (Wildman–Crippen LogP) is 2.88. The average molecular weight is 333 g/mol. The Hall–Kier alpha value is -0.750. The van der Waals surface area contributed by atoms with Crippen molar-refractivity contribution in [3.8, 4) is 11.5 Å². The third-order valence-corrected chi connectivity index (χ3v) is 3.26. The largest absolute Gasteiger partial charge is 0.493 e. The van der Waals surface area contributed by atoms with Gasteiger partial charge >= 0.3 is 0 Å². The summed E-state index contributed by atoms with van der Waals surface area (Å²) in [5, 5.41) is 0. The molecule has 1 aromatic carbocycles. The van der Waals surface area contributed by atoms with Crippen LogP contribution in [0, 0.1) is 3.57 Å².